The van der Waals surface area contributed by atoms with Gasteiger partial charge in [-0.15, -0.1) is 0 Å². The maximum Gasteiger partial charge on any atom is 0.338 e. The van der Waals surface area contributed by atoms with Crippen molar-refractivity contribution in [2.75, 3.05) is 13.2 Å². The molecule has 5 heteroatoms. The molecule has 3 aromatic carbocycles. The molecule has 3 aromatic rings. The van der Waals surface area contributed by atoms with E-state index in [0.717, 1.165) is 24.0 Å². The number of phenols is 1. The van der Waals surface area contributed by atoms with Gasteiger partial charge in [-0.25, -0.2) is 4.79 Å². The monoisotopic (exact) mass is 389 g/mol. The largest absolute Gasteiger partial charge is 0.508 e. The van der Waals surface area contributed by atoms with Crippen molar-refractivity contribution in [3.63, 3.8) is 0 Å². The fourth-order valence-corrected chi connectivity index (χ4v) is 2.88. The number of esters is 1. The molecule has 0 fully saturated rings. The van der Waals surface area contributed by atoms with E-state index in [-0.39, 0.29) is 18.3 Å². The van der Waals surface area contributed by atoms with Crippen LogP contribution in [-0.4, -0.2) is 30.1 Å². The lowest BCUT2D eigenvalue weighted by molar-refractivity contribution is -0.124. The number of hydrogen-bond donors (Lipinski definition) is 2. The van der Waals surface area contributed by atoms with Gasteiger partial charge in [-0.1, -0.05) is 54.6 Å². The van der Waals surface area contributed by atoms with E-state index in [1.165, 1.54) is 5.56 Å². The SMILES string of the molecule is O=C(COC(=O)c1ccc(-c2ccc(O)cc2)cc1)NCCCc1ccccc1. The smallest absolute Gasteiger partial charge is 0.338 e. The van der Waals surface area contributed by atoms with Crippen molar-refractivity contribution in [2.45, 2.75) is 12.8 Å². The topological polar surface area (TPSA) is 75.6 Å². The lowest BCUT2D eigenvalue weighted by atomic mass is 10.0. The van der Waals surface area contributed by atoms with Gasteiger partial charge in [-0.2, -0.15) is 0 Å². The molecule has 0 heterocycles. The maximum atomic E-state index is 12.1. The number of nitrogens with one attached hydrogen (secondary N) is 1. The average molecular weight is 389 g/mol. The molecule has 0 aromatic heterocycles. The van der Waals surface area contributed by atoms with Crippen molar-refractivity contribution in [1.29, 1.82) is 0 Å². The molecule has 148 valence electrons. The third-order valence-electron chi connectivity index (χ3n) is 4.46. The summed E-state index contributed by atoms with van der Waals surface area (Å²) in [5.41, 5.74) is 3.45. The van der Waals surface area contributed by atoms with Crippen LogP contribution in [0.25, 0.3) is 11.1 Å². The van der Waals surface area contributed by atoms with E-state index in [9.17, 15) is 14.7 Å². The summed E-state index contributed by atoms with van der Waals surface area (Å²) in [6.07, 6.45) is 1.71. The zero-order valence-corrected chi connectivity index (χ0v) is 16.0. The zero-order chi connectivity index (χ0) is 20.5. The highest BCUT2D eigenvalue weighted by atomic mass is 16.5. The predicted octanol–water partition coefficient (Wildman–Crippen LogP) is 3.97. The van der Waals surface area contributed by atoms with E-state index in [0.29, 0.717) is 12.1 Å². The van der Waals surface area contributed by atoms with E-state index in [2.05, 4.69) is 17.4 Å². The highest BCUT2D eigenvalue weighted by Gasteiger charge is 2.10. The first-order valence-electron chi connectivity index (χ1n) is 9.49. The molecule has 2 N–H and O–H groups in total. The number of ether oxygens (including phenoxy) is 1. The fourth-order valence-electron chi connectivity index (χ4n) is 2.88. The Balaban J connectivity index is 1.40. The number of amides is 1. The van der Waals surface area contributed by atoms with Gasteiger partial charge in [0.15, 0.2) is 6.61 Å². The Kier molecular flexibility index (Phi) is 7.00. The minimum absolute atomic E-state index is 0.201. The number of carbonyl (C=O) groups excluding carboxylic acids is 2. The number of phenolic OH excluding ortho intramolecular Hbond substituents is 1. The van der Waals surface area contributed by atoms with Crippen LogP contribution in [0.5, 0.6) is 5.75 Å². The number of aromatic hydroxyl groups is 1. The molecule has 1 amide bonds. The number of carbonyl (C=O) groups is 2. The molecule has 0 spiro atoms. The standard InChI is InChI=1S/C24H23NO4/c26-22-14-12-20(13-15-22)19-8-10-21(11-9-19)24(28)29-17-23(27)25-16-4-7-18-5-2-1-3-6-18/h1-3,5-6,8-15,26H,4,7,16-17H2,(H,25,27). The summed E-state index contributed by atoms with van der Waals surface area (Å²) >= 11 is 0. The number of rotatable bonds is 8. The second-order valence-corrected chi connectivity index (χ2v) is 6.64. The van der Waals surface area contributed by atoms with Crippen LogP contribution >= 0.6 is 0 Å². The molecule has 0 aliphatic rings. The van der Waals surface area contributed by atoms with Gasteiger partial charge in [0.2, 0.25) is 0 Å². The van der Waals surface area contributed by atoms with Crippen LogP contribution in [0.3, 0.4) is 0 Å². The van der Waals surface area contributed by atoms with Crippen LogP contribution in [0, 0.1) is 0 Å². The lowest BCUT2D eigenvalue weighted by Gasteiger charge is -2.08. The summed E-state index contributed by atoms with van der Waals surface area (Å²) in [5.74, 6) is -0.652. The highest BCUT2D eigenvalue weighted by molar-refractivity contribution is 5.91. The van der Waals surface area contributed by atoms with Crippen LogP contribution in [-0.2, 0) is 16.0 Å². The Morgan fingerprint density at radius 1 is 0.828 bits per heavy atom. The number of aryl methyl sites for hydroxylation is 1. The Morgan fingerprint density at radius 2 is 1.45 bits per heavy atom. The van der Waals surface area contributed by atoms with Gasteiger partial charge < -0.3 is 15.2 Å². The normalized spacial score (nSPS) is 10.3. The van der Waals surface area contributed by atoms with Crippen molar-refractivity contribution < 1.29 is 19.4 Å². The Hall–Kier alpha value is -3.60. The Morgan fingerprint density at radius 3 is 2.10 bits per heavy atom. The first kappa shape index (κ1) is 20.1. The van der Waals surface area contributed by atoms with Crippen LogP contribution in [0.2, 0.25) is 0 Å². The summed E-state index contributed by atoms with van der Waals surface area (Å²) in [6.45, 7) is 0.233. The Bertz CT molecular complexity index is 935. The third-order valence-corrected chi connectivity index (χ3v) is 4.46. The average Bonchev–Trinajstić information content (AvgIpc) is 2.76. The quantitative estimate of drug-likeness (QED) is 0.452. The van der Waals surface area contributed by atoms with Gasteiger partial charge >= 0.3 is 5.97 Å². The van der Waals surface area contributed by atoms with Gasteiger partial charge in [0, 0.05) is 6.54 Å². The third kappa shape index (κ3) is 6.21. The summed E-state index contributed by atoms with van der Waals surface area (Å²) in [6, 6.07) is 23.8. The number of benzene rings is 3. The van der Waals surface area contributed by atoms with Gasteiger partial charge in [0.1, 0.15) is 5.75 Å². The Labute approximate surface area is 170 Å². The first-order chi connectivity index (χ1) is 14.1. The number of hydrogen-bond acceptors (Lipinski definition) is 4. The van der Waals surface area contributed by atoms with Crippen molar-refractivity contribution in [1.82, 2.24) is 5.32 Å². The predicted molar refractivity (Wildman–Crippen MR) is 112 cm³/mol. The molecule has 0 atom stereocenters. The van der Waals surface area contributed by atoms with Gasteiger partial charge in [0.25, 0.3) is 5.91 Å². The van der Waals surface area contributed by atoms with Crippen molar-refractivity contribution >= 4 is 11.9 Å². The van der Waals surface area contributed by atoms with Crippen molar-refractivity contribution in [2.24, 2.45) is 0 Å². The molecule has 0 saturated carbocycles. The molecule has 0 radical (unpaired) electrons. The maximum absolute atomic E-state index is 12.1. The minimum atomic E-state index is -0.540. The summed E-state index contributed by atoms with van der Waals surface area (Å²) < 4.78 is 5.08. The molecule has 5 nitrogen and oxygen atoms in total. The molecular weight excluding hydrogens is 366 g/mol. The van der Waals surface area contributed by atoms with Crippen molar-refractivity contribution in [3.8, 4) is 16.9 Å². The second-order valence-electron chi connectivity index (χ2n) is 6.64. The molecule has 0 unspecified atom stereocenters. The molecule has 29 heavy (non-hydrogen) atoms. The van der Waals surface area contributed by atoms with E-state index in [4.69, 9.17) is 4.74 Å². The van der Waals surface area contributed by atoms with Crippen LogP contribution in [0.4, 0.5) is 0 Å². The minimum Gasteiger partial charge on any atom is -0.508 e. The molecule has 0 bridgehead atoms. The summed E-state index contributed by atoms with van der Waals surface area (Å²) in [7, 11) is 0. The lowest BCUT2D eigenvalue weighted by Crippen LogP contribution is -2.29. The first-order valence-corrected chi connectivity index (χ1v) is 9.49. The van der Waals surface area contributed by atoms with E-state index in [1.54, 1.807) is 48.5 Å². The summed E-state index contributed by atoms with van der Waals surface area (Å²) in [5, 5.41) is 12.1. The molecule has 0 aliphatic carbocycles. The van der Waals surface area contributed by atoms with E-state index < -0.39 is 5.97 Å². The van der Waals surface area contributed by atoms with Crippen LogP contribution in [0.15, 0.2) is 78.9 Å². The molecule has 3 rings (SSSR count). The van der Waals surface area contributed by atoms with Crippen LogP contribution in [0.1, 0.15) is 22.3 Å². The molecule has 0 saturated heterocycles. The fraction of sp³-hybridized carbons (Fsp3) is 0.167. The second kappa shape index (κ2) is 10.1. The highest BCUT2D eigenvalue weighted by Crippen LogP contribution is 2.22. The van der Waals surface area contributed by atoms with E-state index in [1.807, 2.05) is 18.2 Å². The van der Waals surface area contributed by atoms with Gasteiger partial charge in [0.05, 0.1) is 5.56 Å². The van der Waals surface area contributed by atoms with E-state index >= 15 is 0 Å². The van der Waals surface area contributed by atoms with Gasteiger partial charge in [-0.05, 0) is 53.8 Å². The van der Waals surface area contributed by atoms with Crippen molar-refractivity contribution in [3.05, 3.63) is 90.0 Å². The van der Waals surface area contributed by atoms with Crippen LogP contribution < -0.4 is 5.32 Å². The zero-order valence-electron chi connectivity index (χ0n) is 16.0. The molecular formula is C24H23NO4. The molecule has 0 aliphatic heterocycles. The summed E-state index contributed by atoms with van der Waals surface area (Å²) in [4.78, 5) is 24.0. The van der Waals surface area contributed by atoms with Gasteiger partial charge in [-0.3, -0.25) is 4.79 Å².